The van der Waals surface area contributed by atoms with Crippen molar-refractivity contribution in [1.82, 2.24) is 9.88 Å². The molecule has 2 aromatic rings. The monoisotopic (exact) mass is 366 g/mol. The van der Waals surface area contributed by atoms with Crippen molar-refractivity contribution in [2.75, 3.05) is 6.26 Å². The third-order valence-corrected chi connectivity index (χ3v) is 3.48. The first-order chi connectivity index (χ1) is 11.5. The van der Waals surface area contributed by atoms with E-state index in [0.29, 0.717) is 30.5 Å². The smallest absolute Gasteiger partial charge is 0.274 e. The van der Waals surface area contributed by atoms with Gasteiger partial charge in [-0.2, -0.15) is 8.42 Å². The first-order valence-electron chi connectivity index (χ1n) is 7.22. The minimum Gasteiger partial charge on any atom is -0.370 e. The van der Waals surface area contributed by atoms with Crippen LogP contribution in [0.1, 0.15) is 32.8 Å². The maximum atomic E-state index is 12.1. The quantitative estimate of drug-likeness (QED) is 0.330. The van der Waals surface area contributed by atoms with Crippen molar-refractivity contribution in [3.8, 4) is 0 Å². The molecule has 0 unspecified atom stereocenters. The molecule has 5 N–H and O–H groups in total. The minimum atomic E-state index is -3.67. The molecule has 2 heterocycles. The molecule has 1 aliphatic rings. The van der Waals surface area contributed by atoms with E-state index in [2.05, 4.69) is 5.32 Å². The second-order valence-corrected chi connectivity index (χ2v) is 7.17. The van der Waals surface area contributed by atoms with Gasteiger partial charge >= 0.3 is 0 Å². The molecular weight excluding hydrogens is 348 g/mol. The highest BCUT2D eigenvalue weighted by Gasteiger charge is 2.25. The van der Waals surface area contributed by atoms with E-state index < -0.39 is 22.0 Å². The Bertz CT molecular complexity index is 983. The Balaban J connectivity index is 0.000000399. The van der Waals surface area contributed by atoms with Gasteiger partial charge in [-0.05, 0) is 30.7 Å². The molecule has 10 heteroatoms. The average Bonchev–Trinajstić information content (AvgIpc) is 2.79. The summed E-state index contributed by atoms with van der Waals surface area (Å²) < 4.78 is 27.7. The molecule has 0 radical (unpaired) electrons. The average molecular weight is 366 g/mol. The molecule has 0 bridgehead atoms. The largest absolute Gasteiger partial charge is 0.370 e. The normalized spacial score (nSPS) is 13.2. The number of hydrogen-bond acceptors (Lipinski definition) is 5. The number of Topliss-reactive ketones (excluding diaryl/α,β-unsaturated/α-hetero) is 1. The van der Waals surface area contributed by atoms with E-state index in [4.69, 9.17) is 15.7 Å². The molecule has 25 heavy (non-hydrogen) atoms. The highest BCUT2D eigenvalue weighted by molar-refractivity contribution is 7.85. The number of benzene rings is 1. The molecule has 1 amide bonds. The number of aromatic nitrogens is 1. The van der Waals surface area contributed by atoms with Gasteiger partial charge < -0.3 is 10.3 Å². The molecule has 1 aliphatic heterocycles. The minimum absolute atomic E-state index is 0.0998. The van der Waals surface area contributed by atoms with Crippen molar-refractivity contribution in [2.45, 2.75) is 19.9 Å². The molecule has 0 aliphatic carbocycles. The summed E-state index contributed by atoms with van der Waals surface area (Å²) in [5.41, 5.74) is 8.06. The van der Waals surface area contributed by atoms with Crippen molar-refractivity contribution in [3.63, 3.8) is 0 Å². The highest BCUT2D eigenvalue weighted by atomic mass is 32.2. The number of nitrogens with one attached hydrogen (secondary N) is 2. The molecule has 3 rings (SSSR count). The van der Waals surface area contributed by atoms with Gasteiger partial charge in [-0.15, -0.1) is 0 Å². The number of hydrogen-bond donors (Lipinski definition) is 4. The van der Waals surface area contributed by atoms with Crippen LogP contribution in [0, 0.1) is 12.3 Å². The molecule has 0 atom stereocenters. The predicted molar refractivity (Wildman–Crippen MR) is 92.5 cm³/mol. The molecule has 0 fully saturated rings. The molecule has 9 nitrogen and oxygen atoms in total. The lowest BCUT2D eigenvalue weighted by Gasteiger charge is -2.17. The number of carbonyl (C=O) groups is 2. The lowest BCUT2D eigenvalue weighted by molar-refractivity contribution is 0.0946. The Morgan fingerprint density at radius 2 is 1.96 bits per heavy atom. The summed E-state index contributed by atoms with van der Waals surface area (Å²) in [6, 6.07) is 5.54. The zero-order chi connectivity index (χ0) is 18.9. The number of carbonyl (C=O) groups excluding carboxylic acids is 2. The highest BCUT2D eigenvalue weighted by Crippen LogP contribution is 2.30. The van der Waals surface area contributed by atoms with Crippen LogP contribution < -0.4 is 11.1 Å². The van der Waals surface area contributed by atoms with Crippen molar-refractivity contribution in [3.05, 3.63) is 35.0 Å². The Kier molecular flexibility index (Phi) is 4.95. The summed E-state index contributed by atoms with van der Waals surface area (Å²) in [6.45, 7) is 2.39. The van der Waals surface area contributed by atoms with Gasteiger partial charge in [0.05, 0.1) is 11.8 Å². The molecule has 0 saturated carbocycles. The second kappa shape index (κ2) is 6.65. The fourth-order valence-corrected chi connectivity index (χ4v) is 2.73. The third-order valence-electron chi connectivity index (χ3n) is 3.48. The fraction of sp³-hybridized carbons (Fsp3) is 0.267. The first kappa shape index (κ1) is 18.6. The molecular formula is C15H18N4O5S. The Morgan fingerprint density at radius 3 is 2.52 bits per heavy atom. The summed E-state index contributed by atoms with van der Waals surface area (Å²) in [6.07, 6.45) is 1.09. The van der Waals surface area contributed by atoms with E-state index in [1.807, 2.05) is 23.6 Å². The van der Waals surface area contributed by atoms with E-state index in [-0.39, 0.29) is 5.78 Å². The number of nitrogens with zero attached hydrogens (tertiary/aromatic N) is 1. The SMILES string of the molecule is CS(=O)(=O)O.Cc1cc2c3c(c1)cc(C(=O)NC(=N)N)n3CCC2=O. The summed E-state index contributed by atoms with van der Waals surface area (Å²) in [4.78, 5) is 24.1. The van der Waals surface area contributed by atoms with Crippen LogP contribution in [-0.2, 0) is 16.7 Å². The molecule has 0 saturated heterocycles. The van der Waals surface area contributed by atoms with E-state index in [0.717, 1.165) is 16.5 Å². The number of nitrogens with two attached hydrogens (primary N) is 1. The standard InChI is InChI=1S/C14H14N4O2.CH4O3S/c1-7-4-8-6-10(13(20)17-14(15)16)18-3-2-11(19)9(5-7)12(8)18;1-5(2,3)4/h4-6H,2-3H2,1H3,(H4,15,16,17,20);1H3,(H,2,3,4). The molecule has 134 valence electrons. The van der Waals surface area contributed by atoms with Crippen molar-refractivity contribution >= 4 is 38.7 Å². The molecule has 1 aromatic heterocycles. The number of ketones is 1. The van der Waals surface area contributed by atoms with Crippen LogP contribution in [0.25, 0.3) is 10.9 Å². The van der Waals surface area contributed by atoms with Crippen LogP contribution in [0.4, 0.5) is 0 Å². The summed E-state index contributed by atoms with van der Waals surface area (Å²) in [5.74, 6) is -0.717. The zero-order valence-electron chi connectivity index (χ0n) is 13.7. The van der Waals surface area contributed by atoms with Crippen LogP contribution in [0.3, 0.4) is 0 Å². The number of amides is 1. The first-order valence-corrected chi connectivity index (χ1v) is 9.07. The zero-order valence-corrected chi connectivity index (χ0v) is 14.5. The van der Waals surface area contributed by atoms with Crippen LogP contribution >= 0.6 is 0 Å². The molecule has 1 aromatic carbocycles. The third kappa shape index (κ3) is 4.43. The van der Waals surface area contributed by atoms with Crippen molar-refractivity contribution < 1.29 is 22.6 Å². The maximum Gasteiger partial charge on any atom is 0.274 e. The van der Waals surface area contributed by atoms with Crippen molar-refractivity contribution in [1.29, 1.82) is 5.41 Å². The summed E-state index contributed by atoms with van der Waals surface area (Å²) in [5, 5.41) is 10.3. The van der Waals surface area contributed by atoms with Crippen LogP contribution in [0.5, 0.6) is 0 Å². The van der Waals surface area contributed by atoms with Gasteiger partial charge in [0.2, 0.25) is 0 Å². The summed E-state index contributed by atoms with van der Waals surface area (Å²) >= 11 is 0. The Morgan fingerprint density at radius 1 is 1.36 bits per heavy atom. The van der Waals surface area contributed by atoms with Crippen LogP contribution in [0.15, 0.2) is 18.2 Å². The van der Waals surface area contributed by atoms with Crippen LogP contribution in [-0.4, -0.2) is 41.4 Å². The lowest BCUT2D eigenvalue weighted by atomic mass is 10.00. The summed E-state index contributed by atoms with van der Waals surface area (Å²) in [7, 11) is -3.67. The second-order valence-electron chi connectivity index (χ2n) is 5.71. The van der Waals surface area contributed by atoms with Crippen LogP contribution in [0.2, 0.25) is 0 Å². The number of rotatable bonds is 1. The van der Waals surface area contributed by atoms with E-state index in [1.54, 1.807) is 6.07 Å². The van der Waals surface area contributed by atoms with Gasteiger partial charge in [-0.1, -0.05) is 0 Å². The van der Waals surface area contributed by atoms with Gasteiger partial charge in [0, 0.05) is 23.9 Å². The Labute approximate surface area is 144 Å². The van der Waals surface area contributed by atoms with Gasteiger partial charge in [0.1, 0.15) is 5.69 Å². The topological polar surface area (TPSA) is 155 Å². The van der Waals surface area contributed by atoms with Crippen molar-refractivity contribution in [2.24, 2.45) is 5.73 Å². The van der Waals surface area contributed by atoms with Gasteiger partial charge in [0.25, 0.3) is 16.0 Å². The van der Waals surface area contributed by atoms with Gasteiger partial charge in [-0.25, -0.2) is 0 Å². The molecule has 0 spiro atoms. The maximum absolute atomic E-state index is 12.1. The Hall–Kier alpha value is -2.72. The fourth-order valence-electron chi connectivity index (χ4n) is 2.73. The number of aryl methyl sites for hydroxylation is 2. The van der Waals surface area contributed by atoms with E-state index >= 15 is 0 Å². The predicted octanol–water partition coefficient (Wildman–Crippen LogP) is 0.663. The van der Waals surface area contributed by atoms with E-state index in [1.165, 1.54) is 0 Å². The van der Waals surface area contributed by atoms with E-state index in [9.17, 15) is 18.0 Å². The van der Waals surface area contributed by atoms with Gasteiger partial charge in [0.15, 0.2) is 11.7 Å². The lowest BCUT2D eigenvalue weighted by Crippen LogP contribution is -2.37. The number of guanidine groups is 1. The van der Waals surface area contributed by atoms with Gasteiger partial charge in [-0.3, -0.25) is 24.9 Å².